The molecule has 1 fully saturated rings. The minimum Gasteiger partial charge on any atom is -0.469 e. The Bertz CT molecular complexity index is 312. The van der Waals surface area contributed by atoms with Gasteiger partial charge in [0.25, 0.3) is 0 Å². The van der Waals surface area contributed by atoms with E-state index >= 15 is 0 Å². The number of nitrogens with one attached hydrogen (secondary N) is 1. The maximum atomic E-state index is 12.0. The Balaban J connectivity index is 2.39. The average Bonchev–Trinajstić information content (AvgIpc) is 2.44. The summed E-state index contributed by atoms with van der Waals surface area (Å²) in [5, 5.41) is 2.81. The molecule has 0 saturated heterocycles. The third-order valence-corrected chi connectivity index (χ3v) is 4.09. The third-order valence-electron chi connectivity index (χ3n) is 4.09. The molecule has 1 aliphatic carbocycles. The summed E-state index contributed by atoms with van der Waals surface area (Å²) in [6.45, 7) is 2.63. The van der Waals surface area contributed by atoms with Gasteiger partial charge in [-0.2, -0.15) is 0 Å². The first-order chi connectivity index (χ1) is 9.03. The van der Waals surface area contributed by atoms with Gasteiger partial charge in [0.05, 0.1) is 13.0 Å². The Labute approximate surface area is 115 Å². The van der Waals surface area contributed by atoms with Crippen LogP contribution >= 0.6 is 0 Å². The molecule has 0 aromatic heterocycles. The molecule has 0 bridgehead atoms. The van der Waals surface area contributed by atoms with Crippen molar-refractivity contribution in [3.05, 3.63) is 0 Å². The predicted molar refractivity (Wildman–Crippen MR) is 73.4 cm³/mol. The molecule has 1 amide bonds. The van der Waals surface area contributed by atoms with Gasteiger partial charge in [0.1, 0.15) is 0 Å². The molecule has 110 valence electrons. The van der Waals surface area contributed by atoms with Gasteiger partial charge < -0.3 is 15.8 Å². The van der Waals surface area contributed by atoms with Crippen LogP contribution in [0.5, 0.6) is 0 Å². The highest BCUT2D eigenvalue weighted by Gasteiger charge is 2.33. The number of hydrogen-bond acceptors (Lipinski definition) is 4. The van der Waals surface area contributed by atoms with E-state index in [1.807, 2.05) is 0 Å². The zero-order valence-corrected chi connectivity index (χ0v) is 12.0. The molecule has 1 unspecified atom stereocenters. The molecule has 0 spiro atoms. The van der Waals surface area contributed by atoms with Gasteiger partial charge in [-0.3, -0.25) is 9.59 Å². The van der Waals surface area contributed by atoms with Gasteiger partial charge >= 0.3 is 5.97 Å². The van der Waals surface area contributed by atoms with E-state index in [1.54, 1.807) is 6.92 Å². The molecule has 1 rings (SSSR count). The standard InChI is InChI=1S/C14H26N2O3/c1-11(13(18)19-2)9-16-12(17)8-14(10-15)6-4-3-5-7-14/h11H,3-10,15H2,1-2H3,(H,16,17). The van der Waals surface area contributed by atoms with Crippen molar-refractivity contribution in [2.45, 2.75) is 45.4 Å². The van der Waals surface area contributed by atoms with Gasteiger partial charge in [0.2, 0.25) is 5.91 Å². The minimum absolute atomic E-state index is 0.0110. The molecule has 0 aliphatic heterocycles. The second kappa shape index (κ2) is 7.48. The fourth-order valence-corrected chi connectivity index (χ4v) is 2.71. The van der Waals surface area contributed by atoms with Crippen LogP contribution in [-0.2, 0) is 14.3 Å². The van der Waals surface area contributed by atoms with Crippen LogP contribution in [0.4, 0.5) is 0 Å². The van der Waals surface area contributed by atoms with Crippen molar-refractivity contribution < 1.29 is 14.3 Å². The molecular weight excluding hydrogens is 244 g/mol. The number of ether oxygens (including phenoxy) is 1. The summed E-state index contributed by atoms with van der Waals surface area (Å²) in [4.78, 5) is 23.2. The van der Waals surface area contributed by atoms with Gasteiger partial charge in [0.15, 0.2) is 0 Å². The molecule has 5 heteroatoms. The summed E-state index contributed by atoms with van der Waals surface area (Å²) in [5.74, 6) is -0.622. The third kappa shape index (κ3) is 4.82. The quantitative estimate of drug-likeness (QED) is 0.711. The van der Waals surface area contributed by atoms with Crippen LogP contribution in [0.1, 0.15) is 45.4 Å². The number of carbonyl (C=O) groups is 2. The monoisotopic (exact) mass is 270 g/mol. The Morgan fingerprint density at radius 3 is 2.47 bits per heavy atom. The topological polar surface area (TPSA) is 81.4 Å². The minimum atomic E-state index is -0.311. The molecule has 0 aromatic rings. The molecule has 1 saturated carbocycles. The highest BCUT2D eigenvalue weighted by atomic mass is 16.5. The Morgan fingerprint density at radius 1 is 1.32 bits per heavy atom. The summed E-state index contributed by atoms with van der Waals surface area (Å²) < 4.78 is 4.63. The van der Waals surface area contributed by atoms with Gasteiger partial charge in [-0.25, -0.2) is 0 Å². The van der Waals surface area contributed by atoms with Gasteiger partial charge in [-0.1, -0.05) is 26.2 Å². The first-order valence-corrected chi connectivity index (χ1v) is 7.07. The number of rotatable bonds is 6. The molecule has 19 heavy (non-hydrogen) atoms. The first kappa shape index (κ1) is 16.0. The molecule has 0 aromatic carbocycles. The van der Waals surface area contributed by atoms with E-state index in [1.165, 1.54) is 13.5 Å². The maximum absolute atomic E-state index is 12.0. The molecule has 3 N–H and O–H groups in total. The fourth-order valence-electron chi connectivity index (χ4n) is 2.71. The van der Waals surface area contributed by atoms with E-state index in [2.05, 4.69) is 10.1 Å². The van der Waals surface area contributed by atoms with Crippen molar-refractivity contribution in [1.82, 2.24) is 5.32 Å². The summed E-state index contributed by atoms with van der Waals surface area (Å²) >= 11 is 0. The molecule has 0 heterocycles. The zero-order valence-electron chi connectivity index (χ0n) is 12.0. The van der Waals surface area contributed by atoms with Crippen molar-refractivity contribution in [2.24, 2.45) is 17.1 Å². The second-order valence-corrected chi connectivity index (χ2v) is 5.67. The number of nitrogens with two attached hydrogens (primary N) is 1. The Hall–Kier alpha value is -1.10. The van der Waals surface area contributed by atoms with Crippen LogP contribution < -0.4 is 11.1 Å². The average molecular weight is 270 g/mol. The van der Waals surface area contributed by atoms with E-state index in [4.69, 9.17) is 5.73 Å². The summed E-state index contributed by atoms with van der Waals surface area (Å²) in [6, 6.07) is 0. The summed E-state index contributed by atoms with van der Waals surface area (Å²) in [7, 11) is 1.35. The second-order valence-electron chi connectivity index (χ2n) is 5.67. The largest absolute Gasteiger partial charge is 0.469 e. The molecule has 1 atom stereocenters. The molecule has 1 aliphatic rings. The van der Waals surface area contributed by atoms with Crippen molar-refractivity contribution in [1.29, 1.82) is 0 Å². The van der Waals surface area contributed by atoms with E-state index in [-0.39, 0.29) is 23.2 Å². The van der Waals surface area contributed by atoms with Crippen molar-refractivity contribution in [3.63, 3.8) is 0 Å². The van der Waals surface area contributed by atoms with Crippen LogP contribution in [0.3, 0.4) is 0 Å². The smallest absolute Gasteiger partial charge is 0.310 e. The van der Waals surface area contributed by atoms with Crippen LogP contribution in [0.25, 0.3) is 0 Å². The predicted octanol–water partition coefficient (Wildman–Crippen LogP) is 1.21. The van der Waals surface area contributed by atoms with E-state index in [0.717, 1.165) is 25.7 Å². The van der Waals surface area contributed by atoms with E-state index < -0.39 is 0 Å². The van der Waals surface area contributed by atoms with Crippen molar-refractivity contribution in [3.8, 4) is 0 Å². The number of esters is 1. The lowest BCUT2D eigenvalue weighted by molar-refractivity contribution is -0.144. The lowest BCUT2D eigenvalue weighted by Gasteiger charge is -2.35. The molecule has 0 radical (unpaired) electrons. The zero-order chi connectivity index (χ0) is 14.3. The Morgan fingerprint density at radius 2 is 1.95 bits per heavy atom. The van der Waals surface area contributed by atoms with Crippen LogP contribution in [0.15, 0.2) is 0 Å². The van der Waals surface area contributed by atoms with Crippen LogP contribution in [0.2, 0.25) is 0 Å². The van der Waals surface area contributed by atoms with Crippen LogP contribution in [-0.4, -0.2) is 32.1 Å². The summed E-state index contributed by atoms with van der Waals surface area (Å²) in [5.41, 5.74) is 5.83. The number of amides is 1. The fraction of sp³-hybridized carbons (Fsp3) is 0.857. The molecular formula is C14H26N2O3. The maximum Gasteiger partial charge on any atom is 0.310 e. The number of hydrogen-bond donors (Lipinski definition) is 2. The molecule has 5 nitrogen and oxygen atoms in total. The highest BCUT2D eigenvalue weighted by molar-refractivity contribution is 5.78. The van der Waals surface area contributed by atoms with Gasteiger partial charge in [-0.15, -0.1) is 0 Å². The SMILES string of the molecule is COC(=O)C(C)CNC(=O)CC1(CN)CCCCC1. The van der Waals surface area contributed by atoms with E-state index in [0.29, 0.717) is 19.5 Å². The summed E-state index contributed by atoms with van der Waals surface area (Å²) in [6.07, 6.45) is 6.08. The van der Waals surface area contributed by atoms with Gasteiger partial charge in [0, 0.05) is 13.0 Å². The normalized spacial score (nSPS) is 19.5. The number of methoxy groups -OCH3 is 1. The lowest BCUT2D eigenvalue weighted by Crippen LogP contribution is -2.40. The number of carbonyl (C=O) groups excluding carboxylic acids is 2. The Kier molecular flexibility index (Phi) is 6.28. The van der Waals surface area contributed by atoms with Gasteiger partial charge in [-0.05, 0) is 24.8 Å². The van der Waals surface area contributed by atoms with Crippen LogP contribution in [0, 0.1) is 11.3 Å². The lowest BCUT2D eigenvalue weighted by atomic mass is 9.71. The van der Waals surface area contributed by atoms with Crippen molar-refractivity contribution in [2.75, 3.05) is 20.2 Å². The highest BCUT2D eigenvalue weighted by Crippen LogP contribution is 2.38. The first-order valence-electron chi connectivity index (χ1n) is 7.07. The van der Waals surface area contributed by atoms with E-state index in [9.17, 15) is 9.59 Å². The van der Waals surface area contributed by atoms with Crippen molar-refractivity contribution >= 4 is 11.9 Å².